The van der Waals surface area contributed by atoms with Gasteiger partial charge in [0, 0.05) is 13.1 Å². The predicted octanol–water partition coefficient (Wildman–Crippen LogP) is 2.89. The molecule has 0 saturated carbocycles. The summed E-state index contributed by atoms with van der Waals surface area (Å²) >= 11 is 0. The molecule has 1 aromatic rings. The van der Waals surface area contributed by atoms with Crippen molar-refractivity contribution in [1.29, 1.82) is 0 Å². The van der Waals surface area contributed by atoms with Crippen LogP contribution in [0.2, 0.25) is 0 Å². The summed E-state index contributed by atoms with van der Waals surface area (Å²) in [4.78, 5) is -0.529. The Hall–Kier alpha value is -0.900. The third-order valence-electron chi connectivity index (χ3n) is 3.95. The Labute approximate surface area is 144 Å². The van der Waals surface area contributed by atoms with E-state index in [0.29, 0.717) is 30.9 Å². The topological polar surface area (TPSA) is 49.4 Å². The second-order valence-electron chi connectivity index (χ2n) is 5.54. The number of halogens is 5. The first-order valence-electron chi connectivity index (χ1n) is 7.17. The van der Waals surface area contributed by atoms with E-state index in [1.54, 1.807) is 7.05 Å². The van der Waals surface area contributed by atoms with Gasteiger partial charge in [0.25, 0.3) is 0 Å². The van der Waals surface area contributed by atoms with Gasteiger partial charge in [-0.1, -0.05) is 0 Å². The molecular weight excluding hydrogens is 372 g/mol. The molecule has 1 fully saturated rings. The molecule has 0 bridgehead atoms. The molecular formula is C14H19ClF4N2O2S. The summed E-state index contributed by atoms with van der Waals surface area (Å²) in [6.07, 6.45) is -3.67. The van der Waals surface area contributed by atoms with E-state index in [-0.39, 0.29) is 25.5 Å². The number of benzene rings is 1. The lowest BCUT2D eigenvalue weighted by molar-refractivity contribution is -0.140. The number of nitrogens with one attached hydrogen (secondary N) is 1. The van der Waals surface area contributed by atoms with Crippen LogP contribution in [0.3, 0.4) is 0 Å². The number of piperidine rings is 1. The summed E-state index contributed by atoms with van der Waals surface area (Å²) < 4.78 is 77.6. The third-order valence-corrected chi connectivity index (χ3v) is 5.84. The van der Waals surface area contributed by atoms with Gasteiger partial charge in [0.2, 0.25) is 10.0 Å². The quantitative estimate of drug-likeness (QED) is 0.804. The lowest BCUT2D eigenvalue weighted by Crippen LogP contribution is -2.40. The Balaban J connectivity index is 0.00000288. The van der Waals surface area contributed by atoms with Gasteiger partial charge in [0.05, 0.1) is 10.5 Å². The van der Waals surface area contributed by atoms with Gasteiger partial charge in [-0.05, 0) is 50.6 Å². The third kappa shape index (κ3) is 4.59. The van der Waals surface area contributed by atoms with Crippen LogP contribution in [-0.4, -0.2) is 39.4 Å². The average molecular weight is 391 g/mol. The van der Waals surface area contributed by atoms with E-state index in [1.807, 2.05) is 0 Å². The second kappa shape index (κ2) is 7.99. The predicted molar refractivity (Wildman–Crippen MR) is 84.1 cm³/mol. The van der Waals surface area contributed by atoms with Crippen LogP contribution >= 0.6 is 12.4 Å². The first kappa shape index (κ1) is 21.1. The van der Waals surface area contributed by atoms with Crippen molar-refractivity contribution in [3.05, 3.63) is 29.6 Å². The highest BCUT2D eigenvalue weighted by Crippen LogP contribution is 2.33. The molecule has 1 aliphatic heterocycles. The molecule has 1 saturated heterocycles. The smallest absolute Gasteiger partial charge is 0.319 e. The number of hydrogen-bond acceptors (Lipinski definition) is 3. The Morgan fingerprint density at radius 1 is 1.25 bits per heavy atom. The van der Waals surface area contributed by atoms with Crippen LogP contribution < -0.4 is 5.32 Å². The van der Waals surface area contributed by atoms with Crippen molar-refractivity contribution < 1.29 is 26.0 Å². The van der Waals surface area contributed by atoms with E-state index < -0.39 is 32.5 Å². The molecule has 0 aliphatic carbocycles. The monoisotopic (exact) mass is 390 g/mol. The Morgan fingerprint density at radius 2 is 1.83 bits per heavy atom. The molecule has 1 aliphatic rings. The normalized spacial score (nSPS) is 17.5. The molecule has 1 heterocycles. The van der Waals surface area contributed by atoms with E-state index >= 15 is 0 Å². The highest BCUT2D eigenvalue weighted by Gasteiger charge is 2.36. The van der Waals surface area contributed by atoms with E-state index in [2.05, 4.69) is 5.32 Å². The first-order chi connectivity index (χ1) is 10.7. The van der Waals surface area contributed by atoms with Crippen molar-refractivity contribution in [2.24, 2.45) is 5.92 Å². The summed E-state index contributed by atoms with van der Waals surface area (Å²) in [6, 6.07) is 1.79. The minimum atomic E-state index is -4.94. The summed E-state index contributed by atoms with van der Waals surface area (Å²) in [5.41, 5.74) is -1.57. The molecule has 0 aromatic heterocycles. The van der Waals surface area contributed by atoms with E-state index in [1.165, 1.54) is 0 Å². The van der Waals surface area contributed by atoms with Crippen LogP contribution in [0, 0.1) is 11.7 Å². The van der Waals surface area contributed by atoms with E-state index in [0.717, 1.165) is 16.9 Å². The maximum Gasteiger partial charge on any atom is 0.419 e. The van der Waals surface area contributed by atoms with Gasteiger partial charge in [0.15, 0.2) is 0 Å². The minimum absolute atomic E-state index is 0. The van der Waals surface area contributed by atoms with Crippen molar-refractivity contribution in [3.63, 3.8) is 0 Å². The standard InChI is InChI=1S/C14H18F4N2O2S.ClH/c1-19-9-10-4-6-20(7-5-10)23(21,22)11-2-3-13(15)12(8-11)14(16,17)18;/h2-3,8,10,19H,4-7,9H2,1H3;1H. The molecule has 0 atom stereocenters. The lowest BCUT2D eigenvalue weighted by Gasteiger charge is -2.31. The SMILES string of the molecule is CNCC1CCN(S(=O)(=O)c2ccc(F)c(C(F)(F)F)c2)CC1.Cl. The Kier molecular flexibility index (Phi) is 7.04. The molecule has 0 radical (unpaired) electrons. The van der Waals surface area contributed by atoms with Crippen LogP contribution in [0.15, 0.2) is 23.1 Å². The number of nitrogens with zero attached hydrogens (tertiary/aromatic N) is 1. The molecule has 1 N–H and O–H groups in total. The summed E-state index contributed by atoms with van der Waals surface area (Å²) in [5.74, 6) is -1.14. The zero-order valence-electron chi connectivity index (χ0n) is 12.9. The fraction of sp³-hybridized carbons (Fsp3) is 0.571. The second-order valence-corrected chi connectivity index (χ2v) is 7.48. The summed E-state index contributed by atoms with van der Waals surface area (Å²) in [7, 11) is -2.25. The molecule has 10 heteroatoms. The molecule has 0 amide bonds. The molecule has 4 nitrogen and oxygen atoms in total. The Morgan fingerprint density at radius 3 is 2.33 bits per heavy atom. The van der Waals surface area contributed by atoms with Crippen LogP contribution in [0.1, 0.15) is 18.4 Å². The fourth-order valence-corrected chi connectivity index (χ4v) is 4.17. The van der Waals surface area contributed by atoms with Crippen LogP contribution in [0.4, 0.5) is 17.6 Å². The zero-order valence-corrected chi connectivity index (χ0v) is 14.6. The van der Waals surface area contributed by atoms with Gasteiger partial charge < -0.3 is 5.32 Å². The largest absolute Gasteiger partial charge is 0.419 e. The van der Waals surface area contributed by atoms with Gasteiger partial charge in [0.1, 0.15) is 5.82 Å². The van der Waals surface area contributed by atoms with Crippen molar-refractivity contribution in [2.75, 3.05) is 26.7 Å². The number of alkyl halides is 3. The maximum atomic E-state index is 13.3. The van der Waals surface area contributed by atoms with Gasteiger partial charge in [-0.15, -0.1) is 12.4 Å². The lowest BCUT2D eigenvalue weighted by atomic mass is 9.98. The Bertz CT molecular complexity index is 659. The maximum absolute atomic E-state index is 13.3. The van der Waals surface area contributed by atoms with Gasteiger partial charge in [-0.3, -0.25) is 0 Å². The highest BCUT2D eigenvalue weighted by atomic mass is 35.5. The minimum Gasteiger partial charge on any atom is -0.319 e. The highest BCUT2D eigenvalue weighted by molar-refractivity contribution is 7.89. The van der Waals surface area contributed by atoms with E-state index in [9.17, 15) is 26.0 Å². The van der Waals surface area contributed by atoms with Crippen molar-refractivity contribution in [3.8, 4) is 0 Å². The number of rotatable bonds is 4. The number of sulfonamides is 1. The van der Waals surface area contributed by atoms with Crippen molar-refractivity contribution in [1.82, 2.24) is 9.62 Å². The molecule has 1 aromatic carbocycles. The molecule has 138 valence electrons. The molecule has 2 rings (SSSR count). The van der Waals surface area contributed by atoms with Gasteiger partial charge >= 0.3 is 6.18 Å². The summed E-state index contributed by atoms with van der Waals surface area (Å²) in [5, 5.41) is 3.02. The van der Waals surface area contributed by atoms with Crippen LogP contribution in [0.5, 0.6) is 0 Å². The zero-order chi connectivity index (χ0) is 17.3. The molecule has 0 spiro atoms. The van der Waals surface area contributed by atoms with Crippen LogP contribution in [-0.2, 0) is 16.2 Å². The van der Waals surface area contributed by atoms with Gasteiger partial charge in [-0.2, -0.15) is 17.5 Å². The van der Waals surface area contributed by atoms with Gasteiger partial charge in [-0.25, -0.2) is 12.8 Å². The molecule has 0 unspecified atom stereocenters. The summed E-state index contributed by atoms with van der Waals surface area (Å²) in [6.45, 7) is 1.25. The van der Waals surface area contributed by atoms with Crippen molar-refractivity contribution >= 4 is 22.4 Å². The fourth-order valence-electron chi connectivity index (χ4n) is 2.67. The molecule has 24 heavy (non-hydrogen) atoms. The van der Waals surface area contributed by atoms with Crippen molar-refractivity contribution in [2.45, 2.75) is 23.9 Å². The van der Waals surface area contributed by atoms with Crippen LogP contribution in [0.25, 0.3) is 0 Å². The first-order valence-corrected chi connectivity index (χ1v) is 8.61. The number of hydrogen-bond donors (Lipinski definition) is 1. The average Bonchev–Trinajstić information content (AvgIpc) is 2.47. The van der Waals surface area contributed by atoms with E-state index in [4.69, 9.17) is 0 Å².